The third-order valence-electron chi connectivity index (χ3n) is 4.79. The van der Waals surface area contributed by atoms with Gasteiger partial charge in [0.1, 0.15) is 6.04 Å². The zero-order chi connectivity index (χ0) is 25.3. The average Bonchev–Trinajstić information content (AvgIpc) is 2.78. The summed E-state index contributed by atoms with van der Waals surface area (Å²) in [6.45, 7) is 3.13. The van der Waals surface area contributed by atoms with E-state index < -0.39 is 36.6 Å². The van der Waals surface area contributed by atoms with Gasteiger partial charge in [0.15, 0.2) is 0 Å². The predicted molar refractivity (Wildman–Crippen MR) is 123 cm³/mol. The Morgan fingerprint density at radius 3 is 2.06 bits per heavy atom. The van der Waals surface area contributed by atoms with Gasteiger partial charge in [-0.2, -0.15) is 17.5 Å². The minimum absolute atomic E-state index is 0.0339. The minimum atomic E-state index is -4.65. The van der Waals surface area contributed by atoms with Crippen LogP contribution in [0, 0.1) is 5.92 Å². The predicted octanol–water partition coefficient (Wildman–Crippen LogP) is 4.15. The molecule has 11 heteroatoms. The van der Waals surface area contributed by atoms with Crippen LogP contribution in [0.15, 0.2) is 53.4 Å². The molecule has 4 N–H and O–H groups in total. The Hall–Kier alpha value is -2.60. The second-order valence-corrected chi connectivity index (χ2v) is 8.75. The molecule has 0 saturated heterocycles. The number of nitrogens with one attached hydrogen (secondary N) is 2. The van der Waals surface area contributed by atoms with E-state index in [1.54, 1.807) is 38.1 Å². The lowest BCUT2D eigenvalue weighted by Gasteiger charge is -2.28. The molecule has 0 aliphatic heterocycles. The van der Waals surface area contributed by atoms with Gasteiger partial charge in [-0.1, -0.05) is 50.2 Å². The van der Waals surface area contributed by atoms with Gasteiger partial charge in [-0.15, -0.1) is 0 Å². The van der Waals surface area contributed by atoms with Crippen molar-refractivity contribution in [1.29, 1.82) is 0 Å². The summed E-state index contributed by atoms with van der Waals surface area (Å²) in [5.41, 5.74) is 6.54. The van der Waals surface area contributed by atoms with E-state index in [0.29, 0.717) is 0 Å². The van der Waals surface area contributed by atoms with Crippen LogP contribution in [0.3, 0.4) is 0 Å². The van der Waals surface area contributed by atoms with E-state index in [0.717, 1.165) is 28.1 Å². The molecular weight excluding hydrogens is 471 g/mol. The largest absolute Gasteiger partial charge is 0.407 e. The van der Waals surface area contributed by atoms with E-state index in [1.807, 2.05) is 12.1 Å². The van der Waals surface area contributed by atoms with Crippen LogP contribution in [0.25, 0.3) is 11.1 Å². The molecule has 186 valence electrons. The lowest BCUT2D eigenvalue weighted by molar-refractivity contribution is -0.161. The monoisotopic (exact) mass is 499 g/mol. The fourth-order valence-electron chi connectivity index (χ4n) is 3.24. The van der Waals surface area contributed by atoms with Crippen molar-refractivity contribution >= 4 is 23.9 Å². The van der Waals surface area contributed by atoms with E-state index >= 15 is 0 Å². The summed E-state index contributed by atoms with van der Waals surface area (Å²) in [7, 11) is 1.39. The molecule has 34 heavy (non-hydrogen) atoms. The van der Waals surface area contributed by atoms with Crippen molar-refractivity contribution in [3.05, 3.63) is 54.1 Å². The third-order valence-corrected chi connectivity index (χ3v) is 5.45. The van der Waals surface area contributed by atoms with Crippen LogP contribution in [0.2, 0.25) is 0 Å². The van der Waals surface area contributed by atoms with Gasteiger partial charge in [-0.25, -0.2) is 4.89 Å². The number of carbonyl (C=O) groups excluding carboxylic acids is 2. The molecule has 0 bridgehead atoms. The maximum absolute atomic E-state index is 14.0. The average molecular weight is 500 g/mol. The van der Waals surface area contributed by atoms with Crippen LogP contribution in [-0.2, 0) is 18.8 Å². The van der Waals surface area contributed by atoms with Crippen molar-refractivity contribution in [2.45, 2.75) is 43.4 Å². The van der Waals surface area contributed by atoms with Gasteiger partial charge in [-0.05, 0) is 41.2 Å². The molecule has 2 rings (SSSR count). The van der Waals surface area contributed by atoms with Gasteiger partial charge in [0.25, 0.3) is 0 Å². The summed E-state index contributed by atoms with van der Waals surface area (Å²) in [6.07, 6.45) is -4.51. The Labute approximate surface area is 200 Å². The van der Waals surface area contributed by atoms with Crippen molar-refractivity contribution in [3.8, 4) is 11.1 Å². The molecule has 0 fully saturated rings. The molecule has 0 radical (unpaired) electrons. The highest BCUT2D eigenvalue weighted by Crippen LogP contribution is 2.35. The number of hydrogen-bond donors (Lipinski definition) is 3. The van der Waals surface area contributed by atoms with Crippen molar-refractivity contribution < 1.29 is 32.0 Å². The molecule has 2 amide bonds. The summed E-state index contributed by atoms with van der Waals surface area (Å²) in [5.74, 6) is -1.56. The van der Waals surface area contributed by atoms with Gasteiger partial charge in [0.05, 0.1) is 31.7 Å². The lowest BCUT2D eigenvalue weighted by atomic mass is 9.97. The molecule has 2 aromatic carbocycles. The van der Waals surface area contributed by atoms with Crippen LogP contribution in [0.5, 0.6) is 0 Å². The van der Waals surface area contributed by atoms with Gasteiger partial charge in [0, 0.05) is 4.90 Å². The first-order chi connectivity index (χ1) is 16.0. The third kappa shape index (κ3) is 8.64. The number of alkyl halides is 3. The van der Waals surface area contributed by atoms with Gasteiger partial charge in [-0.3, -0.25) is 14.9 Å². The first-order valence-corrected chi connectivity index (χ1v) is 11.2. The molecule has 0 spiro atoms. The smallest absolute Gasteiger partial charge is 0.368 e. The van der Waals surface area contributed by atoms with Crippen LogP contribution >= 0.6 is 12.0 Å². The number of hydrogen-bond acceptors (Lipinski definition) is 6. The molecule has 0 aliphatic rings. The molecule has 0 aromatic heterocycles. The van der Waals surface area contributed by atoms with Gasteiger partial charge < -0.3 is 11.1 Å². The van der Waals surface area contributed by atoms with Crippen molar-refractivity contribution in [2.75, 3.05) is 13.7 Å². The number of primary amides is 1. The fraction of sp³-hybridized carbons (Fsp3) is 0.391. The van der Waals surface area contributed by atoms with E-state index in [-0.39, 0.29) is 17.9 Å². The summed E-state index contributed by atoms with van der Waals surface area (Å²) >= 11 is 1.04. The minimum Gasteiger partial charge on any atom is -0.368 e. The molecular formula is C23H28F3N3O4S. The molecule has 0 heterocycles. The highest BCUT2D eigenvalue weighted by Gasteiger charge is 2.42. The van der Waals surface area contributed by atoms with Crippen LogP contribution in [-0.4, -0.2) is 37.7 Å². The zero-order valence-electron chi connectivity index (χ0n) is 19.0. The number of carbonyl (C=O) groups is 2. The number of benzene rings is 2. The first kappa shape index (κ1) is 27.6. The summed E-state index contributed by atoms with van der Waals surface area (Å²) in [6, 6.07) is 9.94. The Kier molecular flexibility index (Phi) is 10.4. The number of amides is 2. The molecule has 7 nitrogen and oxygen atoms in total. The molecule has 2 aromatic rings. The van der Waals surface area contributed by atoms with Crippen molar-refractivity contribution in [2.24, 2.45) is 11.7 Å². The van der Waals surface area contributed by atoms with Crippen molar-refractivity contribution in [3.63, 3.8) is 0 Å². The SMILES string of the molecule is COOSc1ccc(-c2ccc([C@H](N[C@@H](CC(C)C)C(=O)NCC(N)=O)C(F)(F)F)cc2)cc1. The molecule has 0 saturated carbocycles. The Morgan fingerprint density at radius 1 is 1.03 bits per heavy atom. The van der Waals surface area contributed by atoms with E-state index in [1.165, 1.54) is 19.2 Å². The van der Waals surface area contributed by atoms with Gasteiger partial charge >= 0.3 is 6.18 Å². The molecule has 0 unspecified atom stereocenters. The quantitative estimate of drug-likeness (QED) is 0.230. The highest BCUT2D eigenvalue weighted by molar-refractivity contribution is 7.94. The summed E-state index contributed by atoms with van der Waals surface area (Å²) < 4.78 is 46.7. The molecule has 0 aliphatic carbocycles. The second kappa shape index (κ2) is 12.7. The lowest BCUT2D eigenvalue weighted by Crippen LogP contribution is -2.50. The Morgan fingerprint density at radius 2 is 1.59 bits per heavy atom. The summed E-state index contributed by atoms with van der Waals surface area (Å²) in [4.78, 5) is 28.7. The zero-order valence-corrected chi connectivity index (χ0v) is 19.8. The number of rotatable bonds is 12. The fourth-order valence-corrected chi connectivity index (χ4v) is 3.64. The van der Waals surface area contributed by atoms with Gasteiger partial charge in [0.2, 0.25) is 11.8 Å². The second-order valence-electron chi connectivity index (χ2n) is 7.97. The van der Waals surface area contributed by atoms with E-state index in [4.69, 9.17) is 10.1 Å². The standard InChI is InChI=1S/C23H28F3N3O4S/c1-14(2)12-19(22(31)28-13-20(27)30)29-21(23(24,25)26)17-6-4-15(5-7-17)16-8-10-18(11-9-16)34-33-32-3/h4-11,14,19,21,29H,12-13H2,1-3H3,(H2,27,30)(H,28,31)/t19-,21-/m0/s1. The van der Waals surface area contributed by atoms with Crippen LogP contribution in [0.1, 0.15) is 31.9 Å². The topological polar surface area (TPSA) is 103 Å². The maximum atomic E-state index is 14.0. The van der Waals surface area contributed by atoms with Crippen LogP contribution < -0.4 is 16.4 Å². The number of nitrogens with two attached hydrogens (primary N) is 1. The highest BCUT2D eigenvalue weighted by atomic mass is 32.2. The molecule has 2 atom stereocenters. The van der Waals surface area contributed by atoms with E-state index in [2.05, 4.69) is 15.5 Å². The number of halogens is 3. The van der Waals surface area contributed by atoms with Crippen molar-refractivity contribution in [1.82, 2.24) is 10.6 Å². The Bertz CT molecular complexity index is 938. The normalized spacial score (nSPS) is 13.5. The van der Waals surface area contributed by atoms with Crippen LogP contribution in [0.4, 0.5) is 13.2 Å². The summed E-state index contributed by atoms with van der Waals surface area (Å²) in [5, 5.41) is 4.72. The Balaban J connectivity index is 2.23. The van der Waals surface area contributed by atoms with E-state index in [9.17, 15) is 22.8 Å². The first-order valence-electron chi connectivity index (χ1n) is 10.5. The maximum Gasteiger partial charge on any atom is 0.407 e.